The van der Waals surface area contributed by atoms with E-state index >= 15 is 0 Å². The van der Waals surface area contributed by atoms with Crippen molar-refractivity contribution in [3.63, 3.8) is 0 Å². The lowest BCUT2D eigenvalue weighted by Gasteiger charge is -2.06. The van der Waals surface area contributed by atoms with E-state index in [4.69, 9.17) is 5.73 Å². The quantitative estimate of drug-likeness (QED) is 0.854. The topological polar surface area (TPSA) is 63.8 Å². The van der Waals surface area contributed by atoms with Gasteiger partial charge in [0, 0.05) is 24.4 Å². The van der Waals surface area contributed by atoms with Crippen molar-refractivity contribution >= 4 is 11.8 Å². The van der Waals surface area contributed by atoms with Crippen LogP contribution in [0.3, 0.4) is 0 Å². The Balaban J connectivity index is 2.07. The number of nitrogens with two attached hydrogens (primary N) is 1. The first-order valence-electron chi connectivity index (χ1n) is 4.91. The monoisotopic (exact) mass is 236 g/mol. The van der Waals surface area contributed by atoms with Crippen LogP contribution in [0.1, 0.15) is 5.56 Å². The normalized spacial score (nSPS) is 10.2. The Hall–Kier alpha value is -2.24. The molecule has 6 heteroatoms. The second-order valence-electron chi connectivity index (χ2n) is 3.39. The first kappa shape index (κ1) is 11.3. The molecule has 3 N–H and O–H groups in total. The number of hydrogen-bond donors (Lipinski definition) is 2. The maximum Gasteiger partial charge on any atom is 0.221 e. The summed E-state index contributed by atoms with van der Waals surface area (Å²) in [5.74, 6) is -0.576. The molecule has 0 bridgehead atoms. The van der Waals surface area contributed by atoms with Gasteiger partial charge in [0.15, 0.2) is 0 Å². The molecule has 0 spiro atoms. The first-order chi connectivity index (χ1) is 8.15. The number of aromatic nitrogens is 2. The summed E-state index contributed by atoms with van der Waals surface area (Å²) in [6, 6.07) is 5.03. The predicted molar refractivity (Wildman–Crippen MR) is 60.1 cm³/mol. The zero-order valence-corrected chi connectivity index (χ0v) is 8.82. The molecule has 0 saturated carbocycles. The summed E-state index contributed by atoms with van der Waals surface area (Å²) in [7, 11) is 0. The van der Waals surface area contributed by atoms with Gasteiger partial charge in [-0.15, -0.1) is 0 Å². The summed E-state index contributed by atoms with van der Waals surface area (Å²) < 4.78 is 26.0. The molecule has 0 aliphatic rings. The van der Waals surface area contributed by atoms with Crippen molar-refractivity contribution in [1.29, 1.82) is 0 Å². The highest BCUT2D eigenvalue weighted by Gasteiger charge is 2.04. The molecule has 0 atom stereocenters. The Labute approximate surface area is 96.5 Å². The molecule has 2 aromatic rings. The fourth-order valence-electron chi connectivity index (χ4n) is 1.32. The predicted octanol–water partition coefficient (Wildman–Crippen LogP) is 1.95. The molecule has 0 radical (unpaired) electrons. The number of nitrogens with zero attached hydrogens (tertiary/aromatic N) is 2. The van der Waals surface area contributed by atoms with Crippen molar-refractivity contribution in [3.8, 4) is 0 Å². The van der Waals surface area contributed by atoms with Crippen LogP contribution < -0.4 is 11.1 Å². The molecule has 88 valence electrons. The summed E-state index contributed by atoms with van der Waals surface area (Å²) in [4.78, 5) is 7.62. The lowest BCUT2D eigenvalue weighted by molar-refractivity contribution is 0.574. The second kappa shape index (κ2) is 4.73. The van der Waals surface area contributed by atoms with Crippen LogP contribution in [0.5, 0.6) is 0 Å². The molecule has 4 nitrogen and oxygen atoms in total. The average Bonchev–Trinajstić information content (AvgIpc) is 2.28. The molecule has 0 fully saturated rings. The van der Waals surface area contributed by atoms with Gasteiger partial charge in [0.25, 0.3) is 0 Å². The van der Waals surface area contributed by atoms with Crippen LogP contribution in [0, 0.1) is 11.6 Å². The molecule has 1 aromatic heterocycles. The number of anilines is 2. The van der Waals surface area contributed by atoms with Crippen LogP contribution in [0.4, 0.5) is 20.5 Å². The van der Waals surface area contributed by atoms with Gasteiger partial charge >= 0.3 is 0 Å². The summed E-state index contributed by atoms with van der Waals surface area (Å²) >= 11 is 0. The minimum Gasteiger partial charge on any atom is -0.368 e. The Morgan fingerprint density at radius 1 is 1.24 bits per heavy atom. The summed E-state index contributed by atoms with van der Waals surface area (Å²) in [6.45, 7) is 0.197. The second-order valence-corrected chi connectivity index (χ2v) is 3.39. The summed E-state index contributed by atoms with van der Waals surface area (Å²) in [5, 5.41) is 2.87. The fraction of sp³-hybridized carbons (Fsp3) is 0.0909. The number of hydrogen-bond acceptors (Lipinski definition) is 4. The van der Waals surface area contributed by atoms with Gasteiger partial charge in [0.1, 0.15) is 17.5 Å². The van der Waals surface area contributed by atoms with E-state index in [1.807, 2.05) is 0 Å². The summed E-state index contributed by atoms with van der Waals surface area (Å²) in [5.41, 5.74) is 5.74. The Kier molecular flexibility index (Phi) is 3.13. The average molecular weight is 236 g/mol. The van der Waals surface area contributed by atoms with Gasteiger partial charge < -0.3 is 11.1 Å². The van der Waals surface area contributed by atoms with E-state index in [1.54, 1.807) is 6.07 Å². The van der Waals surface area contributed by atoms with E-state index in [0.717, 1.165) is 6.07 Å². The fourth-order valence-corrected chi connectivity index (χ4v) is 1.32. The van der Waals surface area contributed by atoms with Gasteiger partial charge in [-0.2, -0.15) is 4.98 Å². The maximum atomic E-state index is 13.3. The van der Waals surface area contributed by atoms with E-state index in [-0.39, 0.29) is 12.5 Å². The standard InChI is InChI=1S/C11H10F2N4/c12-8-2-1-7(9(13)5-8)6-16-10-3-4-15-11(14)17-10/h1-5H,6H2,(H3,14,15,16,17). The third-order valence-corrected chi connectivity index (χ3v) is 2.15. The maximum absolute atomic E-state index is 13.3. The lowest BCUT2D eigenvalue weighted by Crippen LogP contribution is -2.05. The zero-order valence-electron chi connectivity index (χ0n) is 8.82. The molecule has 0 aliphatic heterocycles. The highest BCUT2D eigenvalue weighted by molar-refractivity contribution is 5.38. The third-order valence-electron chi connectivity index (χ3n) is 2.15. The minimum atomic E-state index is -0.600. The molecule has 17 heavy (non-hydrogen) atoms. The zero-order chi connectivity index (χ0) is 12.3. The highest BCUT2D eigenvalue weighted by Crippen LogP contribution is 2.11. The van der Waals surface area contributed by atoms with Gasteiger partial charge in [0.05, 0.1) is 0 Å². The molecule has 1 aromatic carbocycles. The molecule has 0 aliphatic carbocycles. The highest BCUT2D eigenvalue weighted by atomic mass is 19.1. The van der Waals surface area contributed by atoms with Gasteiger partial charge in [-0.05, 0) is 12.1 Å². The van der Waals surface area contributed by atoms with Crippen molar-refractivity contribution in [2.45, 2.75) is 6.54 Å². The Bertz CT molecular complexity index is 531. The van der Waals surface area contributed by atoms with Crippen molar-refractivity contribution in [2.75, 3.05) is 11.1 Å². The van der Waals surface area contributed by atoms with Crippen molar-refractivity contribution in [2.24, 2.45) is 0 Å². The van der Waals surface area contributed by atoms with Crippen LogP contribution >= 0.6 is 0 Å². The van der Waals surface area contributed by atoms with Crippen LogP contribution in [0.25, 0.3) is 0 Å². The number of benzene rings is 1. The molecular weight excluding hydrogens is 226 g/mol. The van der Waals surface area contributed by atoms with Crippen molar-refractivity contribution < 1.29 is 8.78 Å². The third kappa shape index (κ3) is 2.87. The van der Waals surface area contributed by atoms with Crippen LogP contribution in [0.15, 0.2) is 30.5 Å². The molecule has 0 saturated heterocycles. The van der Waals surface area contributed by atoms with Crippen molar-refractivity contribution in [3.05, 3.63) is 47.7 Å². The number of halogens is 2. The smallest absolute Gasteiger partial charge is 0.221 e. The molecular formula is C11H10F2N4. The van der Waals surface area contributed by atoms with E-state index < -0.39 is 11.6 Å². The number of rotatable bonds is 3. The van der Waals surface area contributed by atoms with E-state index in [0.29, 0.717) is 11.4 Å². The molecule has 0 unspecified atom stereocenters. The Morgan fingerprint density at radius 3 is 2.76 bits per heavy atom. The largest absolute Gasteiger partial charge is 0.368 e. The SMILES string of the molecule is Nc1nccc(NCc2ccc(F)cc2F)n1. The van der Waals surface area contributed by atoms with E-state index in [9.17, 15) is 8.78 Å². The molecule has 0 amide bonds. The Morgan fingerprint density at radius 2 is 2.06 bits per heavy atom. The van der Waals surface area contributed by atoms with Gasteiger partial charge in [-0.3, -0.25) is 0 Å². The van der Waals surface area contributed by atoms with E-state index in [2.05, 4.69) is 15.3 Å². The molecule has 1 heterocycles. The summed E-state index contributed by atoms with van der Waals surface area (Å²) in [6.07, 6.45) is 1.49. The van der Waals surface area contributed by atoms with Gasteiger partial charge in [-0.1, -0.05) is 6.07 Å². The van der Waals surface area contributed by atoms with E-state index in [1.165, 1.54) is 18.3 Å². The number of nitrogens with one attached hydrogen (secondary N) is 1. The van der Waals surface area contributed by atoms with Crippen LogP contribution in [0.2, 0.25) is 0 Å². The van der Waals surface area contributed by atoms with Gasteiger partial charge in [0.2, 0.25) is 5.95 Å². The first-order valence-corrected chi connectivity index (χ1v) is 4.91. The lowest BCUT2D eigenvalue weighted by atomic mass is 10.2. The van der Waals surface area contributed by atoms with Crippen molar-refractivity contribution in [1.82, 2.24) is 9.97 Å². The van der Waals surface area contributed by atoms with Crippen LogP contribution in [-0.4, -0.2) is 9.97 Å². The van der Waals surface area contributed by atoms with Crippen LogP contribution in [-0.2, 0) is 6.54 Å². The minimum absolute atomic E-state index is 0.134. The number of nitrogen functional groups attached to an aromatic ring is 1. The van der Waals surface area contributed by atoms with Gasteiger partial charge in [-0.25, -0.2) is 13.8 Å². The molecule has 2 rings (SSSR count).